The second kappa shape index (κ2) is 15.7. The van der Waals surface area contributed by atoms with E-state index in [9.17, 15) is 14.4 Å². The molecule has 2 bridgehead atoms. The number of carbonyl (C=O) groups is 3. The number of nitrogens with one attached hydrogen (secondary N) is 3. The van der Waals surface area contributed by atoms with Gasteiger partial charge in [0.1, 0.15) is 23.5 Å². The minimum absolute atomic E-state index is 0.0666. The Balaban J connectivity index is 0.935. The molecular weight excluding hydrogens is 709 g/mol. The monoisotopic (exact) mass is 756 g/mol. The van der Waals surface area contributed by atoms with Gasteiger partial charge in [-0.3, -0.25) is 14.5 Å². The van der Waals surface area contributed by atoms with Gasteiger partial charge in [-0.25, -0.2) is 19.7 Å². The number of hydrogen-bond acceptors (Lipinski definition) is 8. The zero-order chi connectivity index (χ0) is 38.9. The Bertz CT molecular complexity index is 2170. The van der Waals surface area contributed by atoms with E-state index >= 15 is 0 Å². The molecule has 3 aromatic heterocycles. The first-order valence-corrected chi connectivity index (χ1v) is 19.4. The molecule has 5 aromatic rings. The van der Waals surface area contributed by atoms with E-state index in [1.807, 2.05) is 31.4 Å². The zero-order valence-corrected chi connectivity index (χ0v) is 32.1. The molecule has 0 radical (unpaired) electrons. The summed E-state index contributed by atoms with van der Waals surface area (Å²) in [7, 11) is 4.60. The van der Waals surface area contributed by atoms with Crippen molar-refractivity contribution in [2.24, 2.45) is 17.8 Å². The minimum atomic E-state index is -0.885. The number of fused-ring (bicyclic) bond motifs is 2. The van der Waals surface area contributed by atoms with Gasteiger partial charge in [-0.05, 0) is 85.3 Å². The normalized spacial score (nSPS) is 22.5. The Labute approximate surface area is 326 Å². The lowest BCUT2D eigenvalue weighted by Gasteiger charge is -2.31. The molecule has 290 valence electrons. The SMILES string of the molecule is COC(=O)N[C@H](C(=O)N1CCC[C@H]1c1ncc(-c2ccc(-c3ccc(-c4cnc([C@@H]5C6CCC(C6)C5C(=O)N(C)c5ccccn5)[nH]4)cc3)cc2)[nH]1)[C@@H](C)OC. The van der Waals surface area contributed by atoms with E-state index in [-0.39, 0.29) is 29.7 Å². The fraction of sp³-hybridized carbons (Fsp3) is 0.395. The van der Waals surface area contributed by atoms with Crippen molar-refractivity contribution in [3.05, 3.63) is 97.0 Å². The molecule has 2 aliphatic carbocycles. The molecule has 2 saturated carbocycles. The smallest absolute Gasteiger partial charge is 0.407 e. The van der Waals surface area contributed by atoms with Crippen LogP contribution in [-0.4, -0.2) is 87.7 Å². The number of hydrogen-bond donors (Lipinski definition) is 3. The molecule has 3 fully saturated rings. The van der Waals surface area contributed by atoms with Gasteiger partial charge >= 0.3 is 6.09 Å². The van der Waals surface area contributed by atoms with Gasteiger partial charge < -0.3 is 29.7 Å². The summed E-state index contributed by atoms with van der Waals surface area (Å²) < 4.78 is 10.2. The van der Waals surface area contributed by atoms with Gasteiger partial charge in [0.15, 0.2) is 0 Å². The van der Waals surface area contributed by atoms with Gasteiger partial charge in [0, 0.05) is 32.8 Å². The topological polar surface area (TPSA) is 158 Å². The summed E-state index contributed by atoms with van der Waals surface area (Å²) in [5.74, 6) is 2.93. The molecule has 1 saturated heterocycles. The number of H-pyrrole nitrogens is 2. The third kappa shape index (κ3) is 7.07. The van der Waals surface area contributed by atoms with Crippen molar-refractivity contribution in [2.75, 3.05) is 32.7 Å². The highest BCUT2D eigenvalue weighted by molar-refractivity contribution is 5.95. The van der Waals surface area contributed by atoms with Crippen molar-refractivity contribution < 1.29 is 23.9 Å². The van der Waals surface area contributed by atoms with Crippen LogP contribution < -0.4 is 10.2 Å². The summed E-state index contributed by atoms with van der Waals surface area (Å²) in [6, 6.07) is 21.3. The van der Waals surface area contributed by atoms with Crippen LogP contribution in [0.3, 0.4) is 0 Å². The average molecular weight is 757 g/mol. The number of amides is 3. The zero-order valence-electron chi connectivity index (χ0n) is 32.1. The number of imidazole rings is 2. The molecule has 56 heavy (non-hydrogen) atoms. The van der Waals surface area contributed by atoms with Crippen molar-refractivity contribution in [1.82, 2.24) is 35.1 Å². The second-order valence-electron chi connectivity index (χ2n) is 15.2. The van der Waals surface area contributed by atoms with E-state index < -0.39 is 18.2 Å². The maximum atomic E-state index is 13.9. The number of pyridine rings is 1. The number of benzene rings is 2. The third-order valence-corrected chi connectivity index (χ3v) is 12.2. The highest BCUT2D eigenvalue weighted by Gasteiger charge is 2.53. The van der Waals surface area contributed by atoms with Crippen molar-refractivity contribution in [3.63, 3.8) is 0 Å². The van der Waals surface area contributed by atoms with Gasteiger partial charge in [-0.1, -0.05) is 54.6 Å². The Kier molecular flexibility index (Phi) is 10.4. The molecule has 4 heterocycles. The first-order chi connectivity index (χ1) is 27.2. The van der Waals surface area contributed by atoms with Crippen LogP contribution in [0, 0.1) is 17.8 Å². The molecule has 3 amide bonds. The lowest BCUT2D eigenvalue weighted by molar-refractivity contribution is -0.137. The molecule has 3 N–H and O–H groups in total. The van der Waals surface area contributed by atoms with Gasteiger partial charge in [0.05, 0.1) is 49.0 Å². The van der Waals surface area contributed by atoms with Crippen LogP contribution in [0.4, 0.5) is 10.6 Å². The number of alkyl carbamates (subject to hydrolysis) is 1. The summed E-state index contributed by atoms with van der Waals surface area (Å²) in [6.07, 6.45) is 9.04. The highest BCUT2D eigenvalue weighted by Crippen LogP contribution is 2.56. The first-order valence-electron chi connectivity index (χ1n) is 19.4. The molecule has 13 heteroatoms. The van der Waals surface area contributed by atoms with E-state index in [2.05, 4.69) is 73.8 Å². The molecule has 13 nitrogen and oxygen atoms in total. The number of rotatable bonds is 11. The Morgan fingerprint density at radius 2 is 1.45 bits per heavy atom. The van der Waals surface area contributed by atoms with Gasteiger partial charge in [-0.15, -0.1) is 0 Å². The molecule has 2 aromatic carbocycles. The van der Waals surface area contributed by atoms with Gasteiger partial charge in [0.25, 0.3) is 0 Å². The van der Waals surface area contributed by atoms with Crippen molar-refractivity contribution in [2.45, 2.75) is 63.1 Å². The van der Waals surface area contributed by atoms with E-state index in [1.165, 1.54) is 14.2 Å². The van der Waals surface area contributed by atoms with Crippen LogP contribution >= 0.6 is 0 Å². The van der Waals surface area contributed by atoms with E-state index in [0.29, 0.717) is 30.0 Å². The van der Waals surface area contributed by atoms with E-state index in [1.54, 1.807) is 29.1 Å². The van der Waals surface area contributed by atoms with Crippen LogP contribution in [0.2, 0.25) is 0 Å². The molecule has 1 aliphatic heterocycles. The average Bonchev–Trinajstić information content (AvgIpc) is 4.11. The van der Waals surface area contributed by atoms with Crippen LogP contribution in [-0.2, 0) is 19.1 Å². The fourth-order valence-corrected chi connectivity index (χ4v) is 9.11. The summed E-state index contributed by atoms with van der Waals surface area (Å²) in [6.45, 7) is 2.30. The summed E-state index contributed by atoms with van der Waals surface area (Å²) >= 11 is 0. The van der Waals surface area contributed by atoms with Crippen molar-refractivity contribution in [3.8, 4) is 33.6 Å². The number of likely N-dealkylation sites (tertiary alicyclic amines) is 1. The largest absolute Gasteiger partial charge is 0.453 e. The Hall–Kier alpha value is -5.82. The first kappa shape index (κ1) is 37.1. The molecule has 8 rings (SSSR count). The van der Waals surface area contributed by atoms with Crippen molar-refractivity contribution >= 4 is 23.7 Å². The van der Waals surface area contributed by atoms with Crippen molar-refractivity contribution in [1.29, 1.82) is 0 Å². The highest BCUT2D eigenvalue weighted by atomic mass is 16.5. The predicted octanol–water partition coefficient (Wildman–Crippen LogP) is 6.74. The fourth-order valence-electron chi connectivity index (χ4n) is 9.11. The molecule has 7 atom stereocenters. The van der Waals surface area contributed by atoms with E-state index in [0.717, 1.165) is 71.6 Å². The lowest BCUT2D eigenvalue weighted by atomic mass is 9.78. The van der Waals surface area contributed by atoms with Crippen LogP contribution in [0.1, 0.15) is 62.6 Å². The van der Waals surface area contributed by atoms with Gasteiger partial charge in [-0.2, -0.15) is 0 Å². The number of anilines is 1. The molecule has 3 aliphatic rings. The number of nitrogens with zero attached hydrogens (tertiary/aromatic N) is 5. The van der Waals surface area contributed by atoms with Crippen LogP contribution in [0.25, 0.3) is 33.6 Å². The summed E-state index contributed by atoms with van der Waals surface area (Å²) in [5, 5.41) is 2.63. The quantitative estimate of drug-likeness (QED) is 0.134. The standard InChI is InChI=1S/C43H48N8O5/c1-25(55-3)38(49-43(54)56-4)42(53)51-21-7-8-34(51)39-45-23-32(47-39)28-14-10-26(11-15-28)27-12-16-29(17-13-27)33-24-46-40(48-33)36-30-18-19-31(22-30)37(36)41(52)50(2)35-9-5-6-20-44-35/h5-6,9-17,20,23-25,30-31,34,36-38H,7-8,18-19,21-22H2,1-4H3,(H,45,47)(H,46,48)(H,49,54)/t25-,30?,31?,34+,36-,37?,38+/m1/s1. The predicted molar refractivity (Wildman–Crippen MR) is 211 cm³/mol. The van der Waals surface area contributed by atoms with Crippen LogP contribution in [0.5, 0.6) is 0 Å². The van der Waals surface area contributed by atoms with E-state index in [4.69, 9.17) is 14.5 Å². The molecule has 3 unspecified atom stereocenters. The molecular formula is C43H48N8O5. The number of ether oxygens (including phenoxy) is 2. The maximum Gasteiger partial charge on any atom is 0.407 e. The summed E-state index contributed by atoms with van der Waals surface area (Å²) in [5.41, 5.74) is 5.97. The molecule has 0 spiro atoms. The van der Waals surface area contributed by atoms with Gasteiger partial charge in [0.2, 0.25) is 11.8 Å². The number of methoxy groups -OCH3 is 2. The lowest BCUT2D eigenvalue weighted by Crippen LogP contribution is -2.54. The third-order valence-electron chi connectivity index (χ3n) is 12.2. The number of aromatic nitrogens is 5. The maximum absolute atomic E-state index is 13.9. The summed E-state index contributed by atoms with van der Waals surface area (Å²) in [4.78, 5) is 63.9. The number of carbonyl (C=O) groups excluding carboxylic acids is 3. The Morgan fingerprint density at radius 1 is 0.821 bits per heavy atom. The minimum Gasteiger partial charge on any atom is -0.453 e. The Morgan fingerprint density at radius 3 is 2.07 bits per heavy atom. The second-order valence-corrected chi connectivity index (χ2v) is 15.2. The van der Waals surface area contributed by atoms with Crippen LogP contribution in [0.15, 0.2) is 85.3 Å². The number of aromatic amines is 2.